The molecule has 0 heteroatoms. The van der Waals surface area contributed by atoms with Gasteiger partial charge in [0, 0.05) is 0 Å². The third-order valence-corrected chi connectivity index (χ3v) is 5.20. The number of hydrogen-bond acceptors (Lipinski definition) is 0. The Hall–Kier alpha value is -5.46. The third kappa shape index (κ3) is 21.0. The Kier molecular flexibility index (Phi) is 24.5. The number of hydrogen-bond donors (Lipinski definition) is 0. The van der Waals surface area contributed by atoms with Gasteiger partial charge in [-0.3, -0.25) is 0 Å². The van der Waals surface area contributed by atoms with Gasteiger partial charge in [0.05, 0.1) is 0 Å². The Morgan fingerprint density at radius 1 is 0.465 bits per heavy atom. The predicted molar refractivity (Wildman–Crippen MR) is 199 cm³/mol. The smallest absolute Gasteiger partial charge is 0.0184 e. The van der Waals surface area contributed by atoms with Crippen molar-refractivity contribution in [2.24, 2.45) is 0 Å². The Morgan fingerprint density at radius 3 is 1.28 bits per heavy atom. The van der Waals surface area contributed by atoms with E-state index in [-0.39, 0.29) is 0 Å². The maximum Gasteiger partial charge on any atom is -0.0184 e. The highest BCUT2D eigenvalue weighted by Gasteiger charge is 1.98. The zero-order valence-corrected chi connectivity index (χ0v) is 25.6. The second kappa shape index (κ2) is 28.1. The van der Waals surface area contributed by atoms with Crippen molar-refractivity contribution in [3.8, 4) is 0 Å². The van der Waals surface area contributed by atoms with Crippen molar-refractivity contribution in [2.45, 2.75) is 6.92 Å². The van der Waals surface area contributed by atoms with Crippen LogP contribution in [0, 0.1) is 0 Å². The monoisotopic (exact) mass is 562 g/mol. The highest BCUT2D eigenvalue weighted by Crippen LogP contribution is 2.20. The van der Waals surface area contributed by atoms with Crippen molar-refractivity contribution < 1.29 is 0 Å². The van der Waals surface area contributed by atoms with Crippen LogP contribution in [0.2, 0.25) is 0 Å². The van der Waals surface area contributed by atoms with Crippen LogP contribution in [0.15, 0.2) is 221 Å². The summed E-state index contributed by atoms with van der Waals surface area (Å²) in [6.07, 6.45) is 42.3. The van der Waals surface area contributed by atoms with E-state index >= 15 is 0 Å². The standard InChI is InChI=1S/C30H28.C8H10.C5H8/c1-4-5-6-7-8-9-10-11-13-22-29-23-16-17-24-30(29)25-18-19-26(2)27(3)28-20-14-12-15-21-28;1-3-5-7-8-6-4-2;1-3-5-4-2/h4-25H,1-3H2;3-8H,1-2H2;3-5H,1H2,2H3/b6-5+,8-7-,10-9+,13-11+,19-18+,29-22-,30-25-;7-5-,8-6+;5-4+. The number of benzene rings is 2. The van der Waals surface area contributed by atoms with Gasteiger partial charge in [-0.2, -0.15) is 0 Å². The van der Waals surface area contributed by atoms with Crippen LogP contribution in [0.1, 0.15) is 12.5 Å². The van der Waals surface area contributed by atoms with E-state index in [1.807, 2.05) is 147 Å². The average Bonchev–Trinajstić information content (AvgIpc) is 3.04. The minimum absolute atomic E-state index is 0.903. The minimum atomic E-state index is 0.903. The lowest BCUT2D eigenvalue weighted by Gasteiger charge is -2.04. The first-order chi connectivity index (χ1) is 21.0. The molecular weight excluding hydrogens is 516 g/mol. The summed E-state index contributed by atoms with van der Waals surface area (Å²) in [7, 11) is 0. The van der Waals surface area contributed by atoms with Crippen LogP contribution in [0.4, 0.5) is 0 Å². The molecule has 2 rings (SSSR count). The van der Waals surface area contributed by atoms with Crippen molar-refractivity contribution in [1.82, 2.24) is 0 Å². The average molecular weight is 563 g/mol. The molecule has 0 atom stereocenters. The first-order valence-corrected chi connectivity index (χ1v) is 14.0. The van der Waals surface area contributed by atoms with Crippen molar-refractivity contribution in [1.29, 1.82) is 0 Å². The lowest BCUT2D eigenvalue weighted by molar-refractivity contribution is 1.52. The molecule has 0 aliphatic carbocycles. The lowest BCUT2D eigenvalue weighted by Crippen LogP contribution is -2.22. The molecule has 43 heavy (non-hydrogen) atoms. The summed E-state index contributed by atoms with van der Waals surface area (Å²) >= 11 is 0. The molecule has 0 N–H and O–H groups in total. The van der Waals surface area contributed by atoms with E-state index in [0.717, 1.165) is 27.1 Å². The van der Waals surface area contributed by atoms with Crippen LogP contribution in [-0.4, -0.2) is 0 Å². The van der Waals surface area contributed by atoms with Gasteiger partial charge in [0.2, 0.25) is 0 Å². The molecular formula is C43H46. The summed E-state index contributed by atoms with van der Waals surface area (Å²) in [4.78, 5) is 0. The Bertz CT molecular complexity index is 1470. The third-order valence-electron chi connectivity index (χ3n) is 5.20. The first kappa shape index (κ1) is 37.5. The van der Waals surface area contributed by atoms with Crippen molar-refractivity contribution in [3.05, 3.63) is 237 Å². The van der Waals surface area contributed by atoms with Crippen LogP contribution in [0.5, 0.6) is 0 Å². The van der Waals surface area contributed by atoms with Gasteiger partial charge < -0.3 is 0 Å². The van der Waals surface area contributed by atoms with Gasteiger partial charge in [-0.1, -0.05) is 228 Å². The van der Waals surface area contributed by atoms with Crippen molar-refractivity contribution in [2.75, 3.05) is 0 Å². The largest absolute Gasteiger partial charge is 0.0991 e. The summed E-state index contributed by atoms with van der Waals surface area (Å²) in [5.41, 5.74) is 2.93. The van der Waals surface area contributed by atoms with Gasteiger partial charge in [0.1, 0.15) is 0 Å². The van der Waals surface area contributed by atoms with Gasteiger partial charge in [0.25, 0.3) is 0 Å². The highest BCUT2D eigenvalue weighted by molar-refractivity contribution is 5.79. The van der Waals surface area contributed by atoms with Crippen molar-refractivity contribution >= 4 is 17.7 Å². The maximum absolute atomic E-state index is 4.15. The van der Waals surface area contributed by atoms with Gasteiger partial charge in [-0.05, 0) is 34.1 Å². The van der Waals surface area contributed by atoms with Crippen LogP contribution in [0.25, 0.3) is 17.7 Å². The second-order valence-corrected chi connectivity index (χ2v) is 8.47. The molecule has 0 heterocycles. The SMILES string of the molecule is C=C/C=C/C.C=C/C=C/C=C\C=C\C=C\C=c1\cccc\c1=C\C=C\C(=C)C(=C)c1ccccc1.C=C/C=C\C=C\C=C. The molecule has 0 saturated heterocycles. The summed E-state index contributed by atoms with van der Waals surface area (Å²) in [5, 5.41) is 2.30. The van der Waals surface area contributed by atoms with E-state index in [0.29, 0.717) is 0 Å². The van der Waals surface area contributed by atoms with E-state index in [4.69, 9.17) is 0 Å². The molecule has 0 aliphatic heterocycles. The molecule has 0 fully saturated rings. The molecule has 2 aromatic rings. The molecule has 2 aromatic carbocycles. The Labute approximate surface area is 261 Å². The van der Waals surface area contributed by atoms with Gasteiger partial charge in [-0.25, -0.2) is 0 Å². The molecule has 0 amide bonds. The normalized spacial score (nSPS) is 12.4. The molecule has 0 radical (unpaired) electrons. The molecule has 0 bridgehead atoms. The summed E-state index contributed by atoms with van der Waals surface area (Å²) in [6, 6.07) is 18.4. The van der Waals surface area contributed by atoms with Gasteiger partial charge >= 0.3 is 0 Å². The highest BCUT2D eigenvalue weighted by atomic mass is 14.0. The van der Waals surface area contributed by atoms with Crippen LogP contribution in [0.3, 0.4) is 0 Å². The van der Waals surface area contributed by atoms with Crippen LogP contribution < -0.4 is 10.4 Å². The number of rotatable bonds is 13. The molecule has 0 nitrogen and oxygen atoms in total. The summed E-state index contributed by atoms with van der Waals surface area (Å²) in [5.74, 6) is 0. The fourth-order valence-corrected chi connectivity index (χ4v) is 3.05. The van der Waals surface area contributed by atoms with Gasteiger partial charge in [-0.15, -0.1) is 0 Å². The van der Waals surface area contributed by atoms with E-state index < -0.39 is 0 Å². The van der Waals surface area contributed by atoms with E-state index in [1.54, 1.807) is 24.3 Å². The lowest BCUT2D eigenvalue weighted by atomic mass is 10.0. The predicted octanol–water partition coefficient (Wildman–Crippen LogP) is 10.7. The van der Waals surface area contributed by atoms with E-state index in [2.05, 4.69) is 63.8 Å². The molecule has 0 saturated carbocycles. The fourth-order valence-electron chi connectivity index (χ4n) is 3.05. The minimum Gasteiger partial charge on any atom is -0.0991 e. The van der Waals surface area contributed by atoms with Gasteiger partial charge in [0.15, 0.2) is 0 Å². The zero-order valence-electron chi connectivity index (χ0n) is 25.6. The first-order valence-electron chi connectivity index (χ1n) is 14.0. The Balaban J connectivity index is 0.00000113. The summed E-state index contributed by atoms with van der Waals surface area (Å²) < 4.78 is 0. The number of allylic oxidation sites excluding steroid dienone is 22. The molecule has 218 valence electrons. The quantitative estimate of drug-likeness (QED) is 0.213. The Morgan fingerprint density at radius 2 is 0.860 bits per heavy atom. The fraction of sp³-hybridized carbons (Fsp3) is 0.0233. The second-order valence-electron chi connectivity index (χ2n) is 8.47. The molecule has 0 aromatic heterocycles. The van der Waals surface area contributed by atoms with E-state index in [9.17, 15) is 0 Å². The van der Waals surface area contributed by atoms with Crippen molar-refractivity contribution in [3.63, 3.8) is 0 Å². The molecule has 0 aliphatic rings. The molecule has 0 unspecified atom stereocenters. The molecule has 0 spiro atoms. The van der Waals surface area contributed by atoms with Crippen LogP contribution >= 0.6 is 0 Å². The maximum atomic E-state index is 4.15. The van der Waals surface area contributed by atoms with Crippen LogP contribution in [-0.2, 0) is 0 Å². The topological polar surface area (TPSA) is 0 Å². The zero-order chi connectivity index (χ0) is 31.8. The van der Waals surface area contributed by atoms with E-state index in [1.165, 1.54) is 0 Å². The summed E-state index contributed by atoms with van der Waals surface area (Å²) in [6.45, 7) is 24.4.